The summed E-state index contributed by atoms with van der Waals surface area (Å²) in [5.74, 6) is 0.634. The maximum atomic E-state index is 12.9. The Morgan fingerprint density at radius 2 is 2.00 bits per heavy atom. The molecule has 0 spiro atoms. The Morgan fingerprint density at radius 1 is 1.25 bits per heavy atom. The molecule has 0 aromatic carbocycles. The third kappa shape index (κ3) is 3.21. The molecule has 3 aliphatic heterocycles. The van der Waals surface area contributed by atoms with E-state index < -0.39 is 5.82 Å². The number of carbonyl (C=O) groups is 1. The highest BCUT2D eigenvalue weighted by atomic mass is 19.1. The summed E-state index contributed by atoms with van der Waals surface area (Å²) in [6.07, 6.45) is 3.77. The molecule has 3 fully saturated rings. The Hall–Kier alpha value is -1.80. The monoisotopic (exact) mass is 336 g/mol. The molecule has 0 saturated carbocycles. The number of carbonyl (C=O) groups excluding carboxylic acids is 1. The van der Waals surface area contributed by atoms with Gasteiger partial charge < -0.3 is 19.3 Å². The minimum Gasteiger partial charge on any atom is -0.378 e. The van der Waals surface area contributed by atoms with Gasteiger partial charge in [0.15, 0.2) is 5.82 Å². The summed E-state index contributed by atoms with van der Waals surface area (Å²) in [6, 6.07) is 0. The zero-order valence-electron chi connectivity index (χ0n) is 13.4. The number of morpholine rings is 1. The van der Waals surface area contributed by atoms with Crippen molar-refractivity contribution in [3.63, 3.8) is 0 Å². The van der Waals surface area contributed by atoms with Crippen LogP contribution < -0.4 is 4.90 Å². The first kappa shape index (κ1) is 15.7. The molecular weight excluding hydrogens is 315 g/mol. The van der Waals surface area contributed by atoms with E-state index in [2.05, 4.69) is 9.97 Å². The lowest BCUT2D eigenvalue weighted by molar-refractivity contribution is -0.138. The van der Waals surface area contributed by atoms with Gasteiger partial charge >= 0.3 is 0 Å². The molecule has 24 heavy (non-hydrogen) atoms. The quantitative estimate of drug-likeness (QED) is 0.799. The van der Waals surface area contributed by atoms with Gasteiger partial charge in [-0.3, -0.25) is 4.79 Å². The maximum absolute atomic E-state index is 12.9. The molecule has 4 heterocycles. The van der Waals surface area contributed by atoms with E-state index >= 15 is 0 Å². The average Bonchev–Trinajstić information content (AvgIpc) is 3.14. The molecule has 130 valence electrons. The van der Waals surface area contributed by atoms with Crippen LogP contribution in [0.15, 0.2) is 12.4 Å². The molecule has 1 amide bonds. The molecule has 7 nitrogen and oxygen atoms in total. The number of amides is 1. The van der Waals surface area contributed by atoms with Crippen molar-refractivity contribution in [1.82, 2.24) is 14.9 Å². The molecule has 4 rings (SSSR count). The molecule has 8 heteroatoms. The third-order valence-electron chi connectivity index (χ3n) is 4.97. The van der Waals surface area contributed by atoms with Crippen LogP contribution in [0.4, 0.5) is 10.3 Å². The van der Waals surface area contributed by atoms with E-state index in [-0.39, 0.29) is 18.1 Å². The topological polar surface area (TPSA) is 67.8 Å². The fourth-order valence-electron chi connectivity index (χ4n) is 3.76. The number of rotatable bonds is 3. The van der Waals surface area contributed by atoms with Gasteiger partial charge in [0.1, 0.15) is 0 Å². The van der Waals surface area contributed by atoms with Crippen molar-refractivity contribution in [2.24, 2.45) is 5.92 Å². The summed E-state index contributed by atoms with van der Waals surface area (Å²) >= 11 is 0. The summed E-state index contributed by atoms with van der Waals surface area (Å²) in [7, 11) is 0. The van der Waals surface area contributed by atoms with Crippen LogP contribution >= 0.6 is 0 Å². The van der Waals surface area contributed by atoms with Crippen molar-refractivity contribution in [1.29, 1.82) is 0 Å². The summed E-state index contributed by atoms with van der Waals surface area (Å²) < 4.78 is 24.3. The minimum atomic E-state index is -0.434. The van der Waals surface area contributed by atoms with Crippen LogP contribution in [0.1, 0.15) is 12.8 Å². The molecule has 3 saturated heterocycles. The lowest BCUT2D eigenvalue weighted by Crippen LogP contribution is -2.42. The SMILES string of the molecule is O=C(C[C@@H]1C[C@H]2CN(c3ncc(F)cn3)C[C@H]2O1)N1CCOCC1. The molecule has 3 aliphatic rings. The Morgan fingerprint density at radius 3 is 2.71 bits per heavy atom. The highest BCUT2D eigenvalue weighted by molar-refractivity contribution is 5.76. The van der Waals surface area contributed by atoms with E-state index in [1.807, 2.05) is 9.80 Å². The number of nitrogens with zero attached hydrogens (tertiary/aromatic N) is 4. The number of anilines is 1. The van der Waals surface area contributed by atoms with Crippen LogP contribution in [0.3, 0.4) is 0 Å². The number of ether oxygens (including phenoxy) is 2. The van der Waals surface area contributed by atoms with E-state index in [1.165, 1.54) is 12.4 Å². The molecular formula is C16H21FN4O3. The van der Waals surface area contributed by atoms with E-state index in [0.717, 1.165) is 13.0 Å². The molecule has 0 N–H and O–H groups in total. The Bertz CT molecular complexity index is 579. The van der Waals surface area contributed by atoms with E-state index in [9.17, 15) is 9.18 Å². The molecule has 0 aliphatic carbocycles. The van der Waals surface area contributed by atoms with Gasteiger partial charge in [0.25, 0.3) is 0 Å². The summed E-state index contributed by atoms with van der Waals surface area (Å²) in [5.41, 5.74) is 0. The standard InChI is InChI=1S/C16H21FN4O3/c17-12-7-18-16(19-8-12)21-9-11-5-13(24-14(11)10-21)6-15(22)20-1-3-23-4-2-20/h7-8,11,13-14H,1-6,9-10H2/t11-,13-,14+/m0/s1. The fourth-order valence-corrected chi connectivity index (χ4v) is 3.76. The summed E-state index contributed by atoms with van der Waals surface area (Å²) in [5, 5.41) is 0. The second-order valence-corrected chi connectivity index (χ2v) is 6.60. The number of hydrogen-bond donors (Lipinski definition) is 0. The van der Waals surface area contributed by atoms with E-state index in [0.29, 0.717) is 51.1 Å². The smallest absolute Gasteiger partial charge is 0.225 e. The summed E-state index contributed by atoms with van der Waals surface area (Å²) in [6.45, 7) is 4.07. The molecule has 1 aromatic rings. The first-order valence-corrected chi connectivity index (χ1v) is 8.42. The average molecular weight is 336 g/mol. The van der Waals surface area contributed by atoms with Gasteiger partial charge in [-0.15, -0.1) is 0 Å². The number of hydrogen-bond acceptors (Lipinski definition) is 6. The molecule has 3 atom stereocenters. The third-order valence-corrected chi connectivity index (χ3v) is 4.97. The van der Waals surface area contributed by atoms with E-state index in [4.69, 9.17) is 9.47 Å². The second-order valence-electron chi connectivity index (χ2n) is 6.60. The molecule has 1 aromatic heterocycles. The van der Waals surface area contributed by atoms with Gasteiger partial charge in [-0.2, -0.15) is 0 Å². The van der Waals surface area contributed by atoms with Crippen LogP contribution in [0.2, 0.25) is 0 Å². The highest BCUT2D eigenvalue weighted by Gasteiger charge is 2.43. The van der Waals surface area contributed by atoms with Crippen LogP contribution in [0.5, 0.6) is 0 Å². The highest BCUT2D eigenvalue weighted by Crippen LogP contribution is 2.35. The summed E-state index contributed by atoms with van der Waals surface area (Å²) in [4.78, 5) is 24.3. The predicted octanol–water partition coefficient (Wildman–Crippen LogP) is 0.458. The van der Waals surface area contributed by atoms with Crippen molar-refractivity contribution in [3.8, 4) is 0 Å². The van der Waals surface area contributed by atoms with Gasteiger partial charge in [-0.1, -0.05) is 0 Å². The Kier molecular flexibility index (Phi) is 4.32. The van der Waals surface area contributed by atoms with Gasteiger partial charge in [0, 0.05) is 32.1 Å². The molecule has 0 bridgehead atoms. The van der Waals surface area contributed by atoms with E-state index in [1.54, 1.807) is 0 Å². The minimum absolute atomic E-state index is 0.00775. The van der Waals surface area contributed by atoms with Gasteiger partial charge in [-0.05, 0) is 6.42 Å². The maximum Gasteiger partial charge on any atom is 0.225 e. The lowest BCUT2D eigenvalue weighted by atomic mass is 10.0. The van der Waals surface area contributed by atoms with Crippen LogP contribution in [0, 0.1) is 11.7 Å². The number of halogens is 1. The normalized spacial score (nSPS) is 29.8. The van der Waals surface area contributed by atoms with Crippen LogP contribution in [-0.2, 0) is 14.3 Å². The largest absolute Gasteiger partial charge is 0.378 e. The second kappa shape index (κ2) is 6.60. The van der Waals surface area contributed by atoms with Crippen LogP contribution in [-0.4, -0.2) is 72.4 Å². The van der Waals surface area contributed by atoms with Crippen molar-refractivity contribution < 1.29 is 18.7 Å². The molecule has 0 unspecified atom stereocenters. The van der Waals surface area contributed by atoms with Crippen molar-refractivity contribution in [2.45, 2.75) is 25.0 Å². The van der Waals surface area contributed by atoms with Gasteiger partial charge in [-0.25, -0.2) is 14.4 Å². The fraction of sp³-hybridized carbons (Fsp3) is 0.688. The Labute approximate surface area is 139 Å². The van der Waals surface area contributed by atoms with Gasteiger partial charge in [0.2, 0.25) is 11.9 Å². The number of aromatic nitrogens is 2. The van der Waals surface area contributed by atoms with Gasteiger partial charge in [0.05, 0.1) is 44.2 Å². The predicted molar refractivity (Wildman–Crippen MR) is 83.0 cm³/mol. The molecule has 0 radical (unpaired) electrons. The van der Waals surface area contributed by atoms with Crippen LogP contribution in [0.25, 0.3) is 0 Å². The number of fused-ring (bicyclic) bond motifs is 1. The lowest BCUT2D eigenvalue weighted by Gasteiger charge is -2.28. The van der Waals surface area contributed by atoms with Crippen molar-refractivity contribution in [2.75, 3.05) is 44.3 Å². The first-order chi connectivity index (χ1) is 11.7. The zero-order chi connectivity index (χ0) is 16.5. The zero-order valence-corrected chi connectivity index (χ0v) is 13.4. The first-order valence-electron chi connectivity index (χ1n) is 8.42. The van der Waals surface area contributed by atoms with Crippen molar-refractivity contribution in [3.05, 3.63) is 18.2 Å². The van der Waals surface area contributed by atoms with Crippen molar-refractivity contribution >= 4 is 11.9 Å². The Balaban J connectivity index is 1.29.